The van der Waals surface area contributed by atoms with Crippen LogP contribution in [0, 0.1) is 0 Å². The number of esters is 1. The van der Waals surface area contributed by atoms with Crippen molar-refractivity contribution in [3.8, 4) is 0 Å². The van der Waals surface area contributed by atoms with Crippen LogP contribution in [0.2, 0.25) is 0 Å². The first-order chi connectivity index (χ1) is 11.0. The number of hydrogen-bond donors (Lipinski definition) is 2. The molecule has 0 radical (unpaired) electrons. The lowest BCUT2D eigenvalue weighted by molar-refractivity contribution is -0.143. The molecule has 24 heavy (non-hydrogen) atoms. The molecule has 0 fully saturated rings. The Morgan fingerprint density at radius 1 is 1.25 bits per heavy atom. The van der Waals surface area contributed by atoms with E-state index < -0.39 is 22.1 Å². The van der Waals surface area contributed by atoms with E-state index in [4.69, 9.17) is 9.29 Å². The maximum Gasteiger partial charge on any atom is 0.323 e. The van der Waals surface area contributed by atoms with Crippen molar-refractivity contribution in [2.75, 3.05) is 19.4 Å². The number of nitrogens with one attached hydrogen (secondary N) is 1. The summed E-state index contributed by atoms with van der Waals surface area (Å²) in [6.07, 6.45) is 0.665. The fraction of sp³-hybridized carbons (Fsp3) is 0.588. The maximum absolute atomic E-state index is 11.9. The molecule has 0 unspecified atom stereocenters. The highest BCUT2D eigenvalue weighted by atomic mass is 32.2. The maximum atomic E-state index is 11.9. The van der Waals surface area contributed by atoms with E-state index in [1.807, 2.05) is 24.3 Å². The second-order valence-corrected chi connectivity index (χ2v) is 8.39. The first-order valence-corrected chi connectivity index (χ1v) is 9.49. The van der Waals surface area contributed by atoms with E-state index in [9.17, 15) is 13.2 Å². The summed E-state index contributed by atoms with van der Waals surface area (Å²) in [6.45, 7) is 6.70. The Morgan fingerprint density at radius 2 is 1.83 bits per heavy atom. The van der Waals surface area contributed by atoms with Crippen LogP contribution in [-0.4, -0.2) is 44.4 Å². The molecule has 1 aromatic rings. The zero-order chi connectivity index (χ0) is 18.4. The third-order valence-electron chi connectivity index (χ3n) is 3.72. The third kappa shape index (κ3) is 7.42. The second kappa shape index (κ2) is 8.60. The first kappa shape index (κ1) is 20.6. The molecular weight excluding hydrogens is 330 g/mol. The number of carbonyl (C=O) groups excluding carboxylic acids is 1. The molecule has 6 nitrogen and oxygen atoms in total. The van der Waals surface area contributed by atoms with Crippen molar-refractivity contribution in [3.63, 3.8) is 0 Å². The molecule has 0 aromatic heterocycles. The Bertz CT molecular complexity index is 632. The minimum absolute atomic E-state index is 0.0638. The van der Waals surface area contributed by atoms with Gasteiger partial charge in [0.05, 0.1) is 12.9 Å². The fourth-order valence-electron chi connectivity index (χ4n) is 2.29. The summed E-state index contributed by atoms with van der Waals surface area (Å²) in [4.78, 5) is 11.9. The van der Waals surface area contributed by atoms with Gasteiger partial charge in [0.25, 0.3) is 10.1 Å². The summed E-state index contributed by atoms with van der Waals surface area (Å²) in [5.74, 6) is -0.740. The number of rotatable bonds is 8. The Morgan fingerprint density at radius 3 is 2.29 bits per heavy atom. The summed E-state index contributed by atoms with van der Waals surface area (Å²) in [7, 11) is -2.66. The van der Waals surface area contributed by atoms with E-state index in [0.717, 1.165) is 5.56 Å². The molecule has 0 spiro atoms. The van der Waals surface area contributed by atoms with Gasteiger partial charge in [0.2, 0.25) is 0 Å². The Labute approximate surface area is 144 Å². The van der Waals surface area contributed by atoms with Crippen LogP contribution in [0.25, 0.3) is 0 Å². The van der Waals surface area contributed by atoms with Gasteiger partial charge in [0, 0.05) is 0 Å². The number of benzene rings is 1. The van der Waals surface area contributed by atoms with Crippen LogP contribution >= 0.6 is 0 Å². The van der Waals surface area contributed by atoms with Crippen LogP contribution in [0.1, 0.15) is 38.3 Å². The van der Waals surface area contributed by atoms with E-state index in [1.54, 1.807) is 0 Å². The van der Waals surface area contributed by atoms with Gasteiger partial charge in [-0.1, -0.05) is 45.0 Å². The highest BCUT2D eigenvalue weighted by Crippen LogP contribution is 2.22. The minimum atomic E-state index is -3.98. The molecule has 1 aromatic carbocycles. The molecule has 1 atom stereocenters. The third-order valence-corrected chi connectivity index (χ3v) is 4.52. The molecule has 0 heterocycles. The molecule has 0 saturated heterocycles. The van der Waals surface area contributed by atoms with Crippen LogP contribution in [0.3, 0.4) is 0 Å². The number of ether oxygens (including phenoxy) is 1. The summed E-state index contributed by atoms with van der Waals surface area (Å²) in [6, 6.07) is 7.49. The molecule has 2 N–H and O–H groups in total. The zero-order valence-corrected chi connectivity index (χ0v) is 15.5. The summed E-state index contributed by atoms with van der Waals surface area (Å²) in [5.41, 5.74) is 2.26. The minimum Gasteiger partial charge on any atom is -0.468 e. The van der Waals surface area contributed by atoms with Crippen molar-refractivity contribution >= 4 is 16.1 Å². The molecule has 7 heteroatoms. The first-order valence-electron chi connectivity index (χ1n) is 7.89. The van der Waals surface area contributed by atoms with Crippen LogP contribution in [0.5, 0.6) is 0 Å². The highest BCUT2D eigenvalue weighted by molar-refractivity contribution is 7.85. The molecule has 1 rings (SSSR count). The SMILES string of the molecule is COC(=O)[C@@H](Cc1ccc(C(C)(C)C)cc1)NCCCS(=O)(=O)O. The molecule has 0 aliphatic rings. The van der Waals surface area contributed by atoms with E-state index in [1.165, 1.54) is 12.7 Å². The molecule has 0 aliphatic carbocycles. The van der Waals surface area contributed by atoms with Crippen molar-refractivity contribution < 1.29 is 22.5 Å². The van der Waals surface area contributed by atoms with Gasteiger partial charge in [0.15, 0.2) is 0 Å². The largest absolute Gasteiger partial charge is 0.468 e. The van der Waals surface area contributed by atoms with Crippen LogP contribution in [0.4, 0.5) is 0 Å². The van der Waals surface area contributed by atoms with Gasteiger partial charge in [-0.25, -0.2) is 0 Å². The fourth-order valence-corrected chi connectivity index (χ4v) is 2.80. The van der Waals surface area contributed by atoms with Gasteiger partial charge in [-0.3, -0.25) is 9.35 Å². The summed E-state index contributed by atoms with van der Waals surface area (Å²) >= 11 is 0. The number of carbonyl (C=O) groups is 1. The van der Waals surface area contributed by atoms with Crippen molar-refractivity contribution in [3.05, 3.63) is 35.4 Å². The second-order valence-electron chi connectivity index (χ2n) is 6.82. The van der Waals surface area contributed by atoms with Gasteiger partial charge in [-0.05, 0) is 35.9 Å². The number of methoxy groups -OCH3 is 1. The van der Waals surface area contributed by atoms with Crippen LogP contribution in [0.15, 0.2) is 24.3 Å². The average molecular weight is 357 g/mol. The summed E-state index contributed by atoms with van der Waals surface area (Å²) < 4.78 is 34.9. The van der Waals surface area contributed by atoms with E-state index in [2.05, 4.69) is 26.1 Å². The molecule has 0 saturated carbocycles. The Kier molecular flexibility index (Phi) is 7.38. The zero-order valence-electron chi connectivity index (χ0n) is 14.7. The smallest absolute Gasteiger partial charge is 0.323 e. The lowest BCUT2D eigenvalue weighted by atomic mass is 9.86. The molecule has 0 bridgehead atoms. The van der Waals surface area contributed by atoms with E-state index in [0.29, 0.717) is 13.0 Å². The number of hydrogen-bond acceptors (Lipinski definition) is 5. The lowest BCUT2D eigenvalue weighted by Gasteiger charge is -2.20. The molecular formula is C17H27NO5S. The van der Waals surface area contributed by atoms with E-state index in [-0.39, 0.29) is 17.6 Å². The molecule has 0 aliphatic heterocycles. The van der Waals surface area contributed by atoms with Gasteiger partial charge in [0.1, 0.15) is 6.04 Å². The van der Waals surface area contributed by atoms with Crippen molar-refractivity contribution in [1.29, 1.82) is 0 Å². The summed E-state index contributed by atoms with van der Waals surface area (Å²) in [5, 5.41) is 2.99. The lowest BCUT2D eigenvalue weighted by Crippen LogP contribution is -2.40. The van der Waals surface area contributed by atoms with Gasteiger partial charge in [-0.2, -0.15) is 8.42 Å². The van der Waals surface area contributed by atoms with Crippen LogP contribution < -0.4 is 5.32 Å². The normalized spacial score (nSPS) is 13.5. The topological polar surface area (TPSA) is 92.7 Å². The van der Waals surface area contributed by atoms with Crippen molar-refractivity contribution in [2.24, 2.45) is 0 Å². The molecule has 136 valence electrons. The van der Waals surface area contributed by atoms with Gasteiger partial charge in [-0.15, -0.1) is 0 Å². The Hall–Kier alpha value is -1.44. The quantitative estimate of drug-likeness (QED) is 0.420. The highest BCUT2D eigenvalue weighted by Gasteiger charge is 2.20. The Balaban J connectivity index is 2.67. The van der Waals surface area contributed by atoms with Crippen molar-refractivity contribution in [1.82, 2.24) is 5.32 Å². The van der Waals surface area contributed by atoms with E-state index >= 15 is 0 Å². The van der Waals surface area contributed by atoms with Crippen LogP contribution in [-0.2, 0) is 31.5 Å². The van der Waals surface area contributed by atoms with Crippen molar-refractivity contribution in [2.45, 2.75) is 45.1 Å². The average Bonchev–Trinajstić information content (AvgIpc) is 2.48. The van der Waals surface area contributed by atoms with Gasteiger partial charge >= 0.3 is 5.97 Å². The standard InChI is InChI=1S/C17H27NO5S/c1-17(2,3)14-8-6-13(7-9-14)12-15(16(19)23-4)18-10-5-11-24(20,21)22/h6-9,15,18H,5,10-12H2,1-4H3,(H,20,21,22)/t15-/m1/s1. The predicted octanol–water partition coefficient (Wildman–Crippen LogP) is 1.94. The predicted molar refractivity (Wildman–Crippen MR) is 93.7 cm³/mol. The van der Waals surface area contributed by atoms with Gasteiger partial charge < -0.3 is 10.1 Å². The monoisotopic (exact) mass is 357 g/mol. The molecule has 0 amide bonds.